The Bertz CT molecular complexity index is 1080. The number of hydrogen-bond acceptors (Lipinski definition) is 4. The maximum absolute atomic E-state index is 13.0. The lowest BCUT2D eigenvalue weighted by atomic mass is 9.93. The summed E-state index contributed by atoms with van der Waals surface area (Å²) in [6.07, 6.45) is 4.86. The molecule has 2 amide bonds. The van der Waals surface area contributed by atoms with E-state index in [-0.39, 0.29) is 31.0 Å². The maximum Gasteiger partial charge on any atom is 0.407 e. The second-order valence-corrected chi connectivity index (χ2v) is 10.1. The van der Waals surface area contributed by atoms with E-state index in [1.807, 2.05) is 24.3 Å². The van der Waals surface area contributed by atoms with Gasteiger partial charge in [0.2, 0.25) is 5.91 Å². The lowest BCUT2D eigenvalue weighted by molar-refractivity contribution is -0.143. The molecule has 0 bridgehead atoms. The summed E-state index contributed by atoms with van der Waals surface area (Å²) in [7, 11) is 0. The van der Waals surface area contributed by atoms with Gasteiger partial charge >= 0.3 is 12.1 Å². The van der Waals surface area contributed by atoms with Crippen molar-refractivity contribution in [2.45, 2.75) is 56.9 Å². The highest BCUT2D eigenvalue weighted by Crippen LogP contribution is 2.46. The van der Waals surface area contributed by atoms with Crippen molar-refractivity contribution in [3.05, 3.63) is 59.7 Å². The van der Waals surface area contributed by atoms with E-state index in [1.54, 1.807) is 0 Å². The minimum Gasteiger partial charge on any atom is -0.481 e. The van der Waals surface area contributed by atoms with Gasteiger partial charge in [0.25, 0.3) is 0 Å². The van der Waals surface area contributed by atoms with Crippen molar-refractivity contribution in [1.82, 2.24) is 10.6 Å². The number of carbonyl (C=O) groups is 3. The van der Waals surface area contributed by atoms with E-state index in [4.69, 9.17) is 4.74 Å². The summed E-state index contributed by atoms with van der Waals surface area (Å²) >= 11 is 0. The fourth-order valence-electron chi connectivity index (χ4n) is 5.62. The SMILES string of the molecule is O=C(NCC1(C(=O)N[C@@H]2CCCCC[C@@H]2C(=O)O)CC1)OCC1c2ccccc2-c2ccccc21. The number of rotatable bonds is 7. The number of hydrogen-bond donors (Lipinski definition) is 3. The van der Waals surface area contributed by atoms with E-state index < -0.39 is 23.4 Å². The van der Waals surface area contributed by atoms with E-state index in [0.717, 1.165) is 30.4 Å². The average Bonchev–Trinajstić information content (AvgIpc) is 3.63. The standard InChI is InChI=1S/C28H32N2O5/c31-25(32)22-12-2-1-3-13-24(22)30-26(33)28(14-15-28)17-29-27(34)35-16-23-20-10-6-4-8-18(20)19-9-5-7-11-21(19)23/h4-11,22-24H,1-3,12-17H2,(H,29,34)(H,30,33)(H,31,32)/t22-,24+/m0/s1. The topological polar surface area (TPSA) is 105 Å². The van der Waals surface area contributed by atoms with Gasteiger partial charge in [0.1, 0.15) is 6.61 Å². The van der Waals surface area contributed by atoms with Crippen molar-refractivity contribution in [3.63, 3.8) is 0 Å². The van der Waals surface area contributed by atoms with Gasteiger partial charge in [-0.15, -0.1) is 0 Å². The number of benzene rings is 2. The first kappa shape index (κ1) is 23.4. The molecule has 0 aromatic heterocycles. The van der Waals surface area contributed by atoms with E-state index in [1.165, 1.54) is 11.1 Å². The number of aliphatic carboxylic acids is 1. The Morgan fingerprint density at radius 2 is 1.54 bits per heavy atom. The molecular formula is C28H32N2O5. The van der Waals surface area contributed by atoms with Gasteiger partial charge in [0.05, 0.1) is 11.3 Å². The molecule has 2 aromatic rings. The third-order valence-corrected chi connectivity index (χ3v) is 7.90. The molecule has 184 valence electrons. The Hall–Kier alpha value is -3.35. The van der Waals surface area contributed by atoms with Crippen LogP contribution in [0, 0.1) is 11.3 Å². The van der Waals surface area contributed by atoms with Crippen molar-refractivity contribution in [1.29, 1.82) is 0 Å². The van der Waals surface area contributed by atoms with E-state index >= 15 is 0 Å². The van der Waals surface area contributed by atoms with Gasteiger partial charge in [-0.05, 0) is 47.9 Å². The highest BCUT2D eigenvalue weighted by atomic mass is 16.5. The second kappa shape index (κ2) is 9.72. The number of carbonyl (C=O) groups excluding carboxylic acids is 2. The van der Waals surface area contributed by atoms with Crippen molar-refractivity contribution in [2.75, 3.05) is 13.2 Å². The zero-order chi connectivity index (χ0) is 24.4. The summed E-state index contributed by atoms with van der Waals surface area (Å²) in [6.45, 7) is 0.418. The normalized spacial score (nSPS) is 22.3. The zero-order valence-corrected chi connectivity index (χ0v) is 19.8. The van der Waals surface area contributed by atoms with Gasteiger partial charge in [-0.1, -0.05) is 67.8 Å². The van der Waals surface area contributed by atoms with Gasteiger partial charge in [-0.3, -0.25) is 9.59 Å². The Balaban J connectivity index is 1.16. The monoisotopic (exact) mass is 476 g/mol. The van der Waals surface area contributed by atoms with Crippen molar-refractivity contribution < 1.29 is 24.2 Å². The van der Waals surface area contributed by atoms with Crippen LogP contribution in [0.4, 0.5) is 4.79 Å². The second-order valence-electron chi connectivity index (χ2n) is 10.1. The van der Waals surface area contributed by atoms with Crippen LogP contribution in [-0.2, 0) is 14.3 Å². The number of carboxylic acid groups (broad SMARTS) is 1. The first-order chi connectivity index (χ1) is 17.0. The van der Waals surface area contributed by atoms with Crippen LogP contribution >= 0.6 is 0 Å². The molecular weight excluding hydrogens is 444 g/mol. The number of ether oxygens (including phenoxy) is 1. The summed E-state index contributed by atoms with van der Waals surface area (Å²) in [5.41, 5.74) is 3.97. The van der Waals surface area contributed by atoms with Crippen LogP contribution in [0.3, 0.4) is 0 Å². The molecule has 3 N–H and O–H groups in total. The molecule has 0 heterocycles. The number of carboxylic acids is 1. The average molecular weight is 477 g/mol. The molecule has 2 aromatic carbocycles. The van der Waals surface area contributed by atoms with Crippen LogP contribution in [0.1, 0.15) is 62.0 Å². The van der Waals surface area contributed by atoms with Gasteiger partial charge in [0.15, 0.2) is 0 Å². The van der Waals surface area contributed by atoms with Gasteiger partial charge in [-0.25, -0.2) is 4.79 Å². The molecule has 0 aliphatic heterocycles. The summed E-state index contributed by atoms with van der Waals surface area (Å²) in [6, 6.07) is 16.0. The molecule has 2 atom stereocenters. The molecule has 3 aliphatic rings. The highest BCUT2D eigenvalue weighted by molar-refractivity contribution is 5.87. The van der Waals surface area contributed by atoms with Crippen LogP contribution in [0.2, 0.25) is 0 Å². The molecule has 7 nitrogen and oxygen atoms in total. The van der Waals surface area contributed by atoms with Crippen LogP contribution in [0.5, 0.6) is 0 Å². The lowest BCUT2D eigenvalue weighted by Gasteiger charge is -2.26. The Labute approximate surface area is 205 Å². The minimum absolute atomic E-state index is 0.0190. The quantitative estimate of drug-likeness (QED) is 0.512. The fourth-order valence-corrected chi connectivity index (χ4v) is 5.62. The first-order valence-corrected chi connectivity index (χ1v) is 12.6. The summed E-state index contributed by atoms with van der Waals surface area (Å²) < 4.78 is 5.60. The third-order valence-electron chi connectivity index (χ3n) is 7.90. The van der Waals surface area contributed by atoms with Crippen LogP contribution < -0.4 is 10.6 Å². The number of amides is 2. The summed E-state index contributed by atoms with van der Waals surface area (Å²) in [4.78, 5) is 37.3. The first-order valence-electron chi connectivity index (χ1n) is 12.6. The van der Waals surface area contributed by atoms with Gasteiger partial charge in [-0.2, -0.15) is 0 Å². The van der Waals surface area contributed by atoms with Gasteiger partial charge < -0.3 is 20.5 Å². The Morgan fingerprint density at radius 1 is 0.914 bits per heavy atom. The third kappa shape index (κ3) is 4.77. The van der Waals surface area contributed by atoms with Crippen LogP contribution in [-0.4, -0.2) is 42.3 Å². The number of alkyl carbamates (subject to hydrolysis) is 1. The molecule has 2 saturated carbocycles. The molecule has 0 radical (unpaired) electrons. The van der Waals surface area contributed by atoms with E-state index in [2.05, 4.69) is 34.9 Å². The molecule has 0 spiro atoms. The lowest BCUT2D eigenvalue weighted by Crippen LogP contribution is -2.48. The molecule has 7 heteroatoms. The van der Waals surface area contributed by atoms with Gasteiger partial charge in [0, 0.05) is 18.5 Å². The molecule has 3 aliphatic carbocycles. The zero-order valence-electron chi connectivity index (χ0n) is 19.8. The Kier molecular flexibility index (Phi) is 6.50. The minimum atomic E-state index is -0.848. The van der Waals surface area contributed by atoms with Crippen LogP contribution in [0.15, 0.2) is 48.5 Å². The van der Waals surface area contributed by atoms with Crippen molar-refractivity contribution in [2.24, 2.45) is 11.3 Å². The number of fused-ring (bicyclic) bond motifs is 3. The summed E-state index contributed by atoms with van der Waals surface area (Å²) in [5.74, 6) is -1.57. The molecule has 2 fully saturated rings. The highest BCUT2D eigenvalue weighted by Gasteiger charge is 2.51. The summed E-state index contributed by atoms with van der Waals surface area (Å²) in [5, 5.41) is 15.4. The smallest absolute Gasteiger partial charge is 0.407 e. The molecule has 5 rings (SSSR count). The maximum atomic E-state index is 13.0. The molecule has 0 unspecified atom stereocenters. The van der Waals surface area contributed by atoms with E-state index in [9.17, 15) is 19.5 Å². The fraction of sp³-hybridized carbons (Fsp3) is 0.464. The van der Waals surface area contributed by atoms with Crippen molar-refractivity contribution in [3.8, 4) is 11.1 Å². The largest absolute Gasteiger partial charge is 0.481 e. The molecule has 35 heavy (non-hydrogen) atoms. The van der Waals surface area contributed by atoms with Crippen LogP contribution in [0.25, 0.3) is 11.1 Å². The Morgan fingerprint density at radius 3 is 2.17 bits per heavy atom. The predicted octanol–water partition coefficient (Wildman–Crippen LogP) is 4.46. The van der Waals surface area contributed by atoms with Crippen molar-refractivity contribution >= 4 is 18.0 Å². The predicted molar refractivity (Wildman–Crippen MR) is 131 cm³/mol. The molecule has 0 saturated heterocycles. The van der Waals surface area contributed by atoms with E-state index in [0.29, 0.717) is 25.7 Å². The number of nitrogens with one attached hydrogen (secondary N) is 2.